The van der Waals surface area contributed by atoms with Gasteiger partial charge in [-0.25, -0.2) is 13.1 Å². The minimum Gasteiger partial charge on any atom is -0.207 e. The average molecular weight is 382 g/mol. The molecule has 0 bridgehead atoms. The molecule has 0 saturated heterocycles. The van der Waals surface area contributed by atoms with Gasteiger partial charge in [0.25, 0.3) is 0 Å². The monoisotopic (exact) mass is 381 g/mol. The molecule has 2 aromatic carbocycles. The SMILES string of the molecule is O=S(=O)(NCc1cccs1)c1ccc(Br)c2ccccc12. The first-order chi connectivity index (χ1) is 10.1. The molecule has 0 unspecified atom stereocenters. The number of benzene rings is 2. The normalized spacial score (nSPS) is 11.9. The second-order valence-corrected chi connectivity index (χ2v) is 8.12. The number of nitrogens with one attached hydrogen (secondary N) is 1. The Bertz CT molecular complexity index is 874. The molecule has 108 valence electrons. The van der Waals surface area contributed by atoms with Gasteiger partial charge in [-0.1, -0.05) is 46.3 Å². The zero-order valence-electron chi connectivity index (χ0n) is 10.9. The van der Waals surface area contributed by atoms with Gasteiger partial charge in [-0.3, -0.25) is 0 Å². The van der Waals surface area contributed by atoms with Crippen LogP contribution in [0.2, 0.25) is 0 Å². The average Bonchev–Trinajstić information content (AvgIpc) is 2.99. The van der Waals surface area contributed by atoms with E-state index in [-0.39, 0.29) is 0 Å². The van der Waals surface area contributed by atoms with Gasteiger partial charge in [-0.15, -0.1) is 11.3 Å². The summed E-state index contributed by atoms with van der Waals surface area (Å²) >= 11 is 4.99. The minimum atomic E-state index is -3.54. The fourth-order valence-corrected chi connectivity index (χ4v) is 4.56. The predicted octanol–water partition coefficient (Wildman–Crippen LogP) is 4.14. The van der Waals surface area contributed by atoms with Crippen LogP contribution in [0.5, 0.6) is 0 Å². The Morgan fingerprint density at radius 2 is 1.76 bits per heavy atom. The lowest BCUT2D eigenvalue weighted by Crippen LogP contribution is -2.23. The number of sulfonamides is 1. The van der Waals surface area contributed by atoms with Crippen molar-refractivity contribution in [3.05, 3.63) is 63.3 Å². The summed E-state index contributed by atoms with van der Waals surface area (Å²) in [7, 11) is -3.54. The van der Waals surface area contributed by atoms with Gasteiger partial charge in [0.2, 0.25) is 10.0 Å². The Kier molecular flexibility index (Phi) is 4.12. The van der Waals surface area contributed by atoms with E-state index in [1.54, 1.807) is 12.1 Å². The van der Waals surface area contributed by atoms with Crippen LogP contribution in [0, 0.1) is 0 Å². The lowest BCUT2D eigenvalue weighted by molar-refractivity contribution is 0.582. The molecule has 0 radical (unpaired) electrons. The predicted molar refractivity (Wildman–Crippen MR) is 90.0 cm³/mol. The fraction of sp³-hybridized carbons (Fsp3) is 0.0667. The van der Waals surface area contributed by atoms with Crippen molar-refractivity contribution in [1.29, 1.82) is 0 Å². The molecule has 0 fully saturated rings. The lowest BCUT2D eigenvalue weighted by atomic mass is 10.1. The van der Waals surface area contributed by atoms with Crippen LogP contribution in [-0.4, -0.2) is 8.42 Å². The highest BCUT2D eigenvalue weighted by Gasteiger charge is 2.18. The maximum absolute atomic E-state index is 12.5. The topological polar surface area (TPSA) is 46.2 Å². The maximum atomic E-state index is 12.5. The molecule has 0 aliphatic heterocycles. The Morgan fingerprint density at radius 1 is 1.00 bits per heavy atom. The molecule has 1 N–H and O–H groups in total. The molecule has 0 saturated carbocycles. The van der Waals surface area contributed by atoms with Gasteiger partial charge >= 0.3 is 0 Å². The third-order valence-electron chi connectivity index (χ3n) is 3.14. The summed E-state index contributed by atoms with van der Waals surface area (Å²) in [6, 6.07) is 14.7. The van der Waals surface area contributed by atoms with E-state index in [9.17, 15) is 8.42 Å². The van der Waals surface area contributed by atoms with E-state index in [4.69, 9.17) is 0 Å². The van der Waals surface area contributed by atoms with Crippen LogP contribution in [0.15, 0.2) is 63.3 Å². The maximum Gasteiger partial charge on any atom is 0.241 e. The van der Waals surface area contributed by atoms with Crippen molar-refractivity contribution in [2.24, 2.45) is 0 Å². The fourth-order valence-electron chi connectivity index (χ4n) is 2.13. The first-order valence-corrected chi connectivity index (χ1v) is 9.43. The number of hydrogen-bond donors (Lipinski definition) is 1. The number of thiophene rings is 1. The van der Waals surface area contributed by atoms with E-state index >= 15 is 0 Å². The quantitative estimate of drug-likeness (QED) is 0.737. The molecule has 1 heterocycles. The summed E-state index contributed by atoms with van der Waals surface area (Å²) in [6.07, 6.45) is 0. The van der Waals surface area contributed by atoms with Gasteiger partial charge in [0.1, 0.15) is 0 Å². The minimum absolute atomic E-state index is 0.304. The van der Waals surface area contributed by atoms with E-state index < -0.39 is 10.0 Å². The first kappa shape index (κ1) is 14.7. The van der Waals surface area contributed by atoms with E-state index in [1.807, 2.05) is 41.8 Å². The first-order valence-electron chi connectivity index (χ1n) is 6.27. The third-order valence-corrected chi connectivity index (χ3v) is 6.16. The highest BCUT2D eigenvalue weighted by Crippen LogP contribution is 2.29. The number of halogens is 1. The molecular weight excluding hydrogens is 370 g/mol. The largest absolute Gasteiger partial charge is 0.241 e. The summed E-state index contributed by atoms with van der Waals surface area (Å²) in [6.45, 7) is 0.310. The number of rotatable bonds is 4. The van der Waals surface area contributed by atoms with E-state index in [2.05, 4.69) is 20.7 Å². The van der Waals surface area contributed by atoms with Crippen LogP contribution < -0.4 is 4.72 Å². The third kappa shape index (κ3) is 3.03. The molecule has 3 nitrogen and oxygen atoms in total. The summed E-state index contributed by atoms with van der Waals surface area (Å²) in [5.74, 6) is 0. The standard InChI is InChI=1S/C15H12BrNO2S2/c16-14-7-8-15(13-6-2-1-5-12(13)14)21(18,19)17-10-11-4-3-9-20-11/h1-9,17H,10H2. The van der Waals surface area contributed by atoms with Gasteiger partial charge in [0, 0.05) is 21.3 Å². The molecule has 0 aliphatic carbocycles. The molecule has 0 spiro atoms. The van der Waals surface area contributed by atoms with Crippen molar-refractivity contribution in [1.82, 2.24) is 4.72 Å². The Labute approximate surface area is 135 Å². The smallest absolute Gasteiger partial charge is 0.207 e. The zero-order valence-corrected chi connectivity index (χ0v) is 14.1. The molecule has 6 heteroatoms. The molecule has 3 aromatic rings. The van der Waals surface area contributed by atoms with Crippen LogP contribution in [-0.2, 0) is 16.6 Å². The van der Waals surface area contributed by atoms with Crippen LogP contribution in [0.3, 0.4) is 0 Å². The number of hydrogen-bond acceptors (Lipinski definition) is 3. The zero-order chi connectivity index (χ0) is 14.9. The van der Waals surface area contributed by atoms with Crippen LogP contribution in [0.25, 0.3) is 10.8 Å². The van der Waals surface area contributed by atoms with E-state index in [0.717, 1.165) is 14.7 Å². The number of fused-ring (bicyclic) bond motifs is 1. The summed E-state index contributed by atoms with van der Waals surface area (Å²) < 4.78 is 28.6. The molecule has 0 aliphatic rings. The van der Waals surface area contributed by atoms with Gasteiger partial charge in [0.05, 0.1) is 4.90 Å². The van der Waals surface area contributed by atoms with Crippen LogP contribution in [0.1, 0.15) is 4.88 Å². The summed E-state index contributed by atoms with van der Waals surface area (Å²) in [5, 5.41) is 3.53. The van der Waals surface area contributed by atoms with Crippen molar-refractivity contribution in [3.8, 4) is 0 Å². The van der Waals surface area contributed by atoms with Crippen molar-refractivity contribution in [2.75, 3.05) is 0 Å². The highest BCUT2D eigenvalue weighted by atomic mass is 79.9. The van der Waals surface area contributed by atoms with Gasteiger partial charge in [0.15, 0.2) is 0 Å². The molecular formula is C15H12BrNO2S2. The molecule has 1 aromatic heterocycles. The van der Waals surface area contributed by atoms with E-state index in [1.165, 1.54) is 11.3 Å². The summed E-state index contributed by atoms with van der Waals surface area (Å²) in [5.41, 5.74) is 0. The second-order valence-electron chi connectivity index (χ2n) is 4.50. The van der Waals surface area contributed by atoms with Crippen molar-refractivity contribution < 1.29 is 8.42 Å². The Balaban J connectivity index is 2.01. The van der Waals surface area contributed by atoms with Gasteiger partial charge in [-0.2, -0.15) is 0 Å². The van der Waals surface area contributed by atoms with Crippen molar-refractivity contribution in [2.45, 2.75) is 11.4 Å². The van der Waals surface area contributed by atoms with Crippen molar-refractivity contribution >= 4 is 48.1 Å². The molecule has 0 amide bonds. The highest BCUT2D eigenvalue weighted by molar-refractivity contribution is 9.10. The van der Waals surface area contributed by atoms with Gasteiger partial charge < -0.3 is 0 Å². The van der Waals surface area contributed by atoms with Crippen molar-refractivity contribution in [3.63, 3.8) is 0 Å². The Morgan fingerprint density at radius 3 is 2.48 bits per heavy atom. The second kappa shape index (κ2) is 5.88. The molecule has 21 heavy (non-hydrogen) atoms. The van der Waals surface area contributed by atoms with E-state index in [0.29, 0.717) is 16.8 Å². The van der Waals surface area contributed by atoms with Crippen LogP contribution >= 0.6 is 27.3 Å². The summed E-state index contributed by atoms with van der Waals surface area (Å²) in [4.78, 5) is 1.29. The Hall–Kier alpha value is -1.21. The lowest BCUT2D eigenvalue weighted by Gasteiger charge is -2.10. The van der Waals surface area contributed by atoms with Crippen LogP contribution in [0.4, 0.5) is 0 Å². The molecule has 0 atom stereocenters. The van der Waals surface area contributed by atoms with Gasteiger partial charge in [-0.05, 0) is 29.0 Å². The molecule has 3 rings (SSSR count).